The molecule has 0 aliphatic rings. The molecule has 0 radical (unpaired) electrons. The first-order chi connectivity index (χ1) is 7.33. The van der Waals surface area contributed by atoms with E-state index in [4.69, 9.17) is 5.73 Å². The van der Waals surface area contributed by atoms with Gasteiger partial charge in [-0.3, -0.25) is 0 Å². The summed E-state index contributed by atoms with van der Waals surface area (Å²) in [5, 5.41) is 0. The van der Waals surface area contributed by atoms with E-state index in [9.17, 15) is 13.2 Å². The Bertz CT molecular complexity index is 359. The molecule has 0 saturated carbocycles. The summed E-state index contributed by atoms with van der Waals surface area (Å²) in [5.74, 6) is 0.120. The minimum atomic E-state index is -4.36. The van der Waals surface area contributed by atoms with Crippen LogP contribution in [0.25, 0.3) is 0 Å². The molecule has 7 heteroatoms. The molecule has 0 saturated heterocycles. The van der Waals surface area contributed by atoms with E-state index in [2.05, 4.69) is 36.6 Å². The molecule has 0 unspecified atom stereocenters. The molecule has 1 aromatic carbocycles. The third kappa shape index (κ3) is 3.95. The van der Waals surface area contributed by atoms with Crippen LogP contribution in [0.1, 0.15) is 5.56 Å². The molecule has 0 aliphatic heterocycles. The minimum absolute atomic E-state index is 0.120. The Labute approximate surface area is 107 Å². The summed E-state index contributed by atoms with van der Waals surface area (Å²) in [6, 6.07) is 3.24. The van der Waals surface area contributed by atoms with Crippen LogP contribution in [-0.4, -0.2) is 12.8 Å². The number of ether oxygens (including phenoxy) is 1. The summed E-state index contributed by atoms with van der Waals surface area (Å²) >= 11 is 6.26. The van der Waals surface area contributed by atoms with Crippen LogP contribution in [0.3, 0.4) is 0 Å². The zero-order chi connectivity index (χ0) is 12.3. The molecule has 16 heavy (non-hydrogen) atoms. The third-order valence-corrected chi connectivity index (χ3v) is 2.85. The number of benzene rings is 1. The second-order valence-electron chi connectivity index (χ2n) is 3.00. The first-order valence-corrected chi connectivity index (χ1v) is 5.79. The number of nitrogens with two attached hydrogens (primary N) is 1. The van der Waals surface area contributed by atoms with E-state index in [0.29, 0.717) is 15.5 Å². The van der Waals surface area contributed by atoms with Crippen LogP contribution in [-0.2, 0) is 6.54 Å². The molecule has 0 aromatic heterocycles. The summed E-state index contributed by atoms with van der Waals surface area (Å²) in [6.07, 6.45) is -4.36. The number of hydrogen-bond acceptors (Lipinski definition) is 2. The van der Waals surface area contributed by atoms with Crippen LogP contribution in [0.5, 0.6) is 5.75 Å². The van der Waals surface area contributed by atoms with Gasteiger partial charge in [0, 0.05) is 6.54 Å². The Hall–Kier alpha value is -0.270. The molecule has 2 nitrogen and oxygen atoms in total. The zero-order valence-electron chi connectivity index (χ0n) is 7.94. The van der Waals surface area contributed by atoms with Crippen LogP contribution in [0.15, 0.2) is 21.1 Å². The van der Waals surface area contributed by atoms with Crippen LogP contribution >= 0.6 is 31.9 Å². The quantitative estimate of drug-likeness (QED) is 0.891. The van der Waals surface area contributed by atoms with Crippen molar-refractivity contribution in [2.45, 2.75) is 12.7 Å². The van der Waals surface area contributed by atoms with Crippen molar-refractivity contribution >= 4 is 31.9 Å². The Morgan fingerprint density at radius 3 is 2.06 bits per heavy atom. The zero-order valence-corrected chi connectivity index (χ0v) is 11.1. The Kier molecular flexibility index (Phi) is 4.63. The first kappa shape index (κ1) is 13.8. The second kappa shape index (κ2) is 5.37. The van der Waals surface area contributed by atoms with Gasteiger partial charge in [0.15, 0.2) is 6.61 Å². The highest BCUT2D eigenvalue weighted by Crippen LogP contribution is 2.35. The fourth-order valence-electron chi connectivity index (χ4n) is 1.02. The summed E-state index contributed by atoms with van der Waals surface area (Å²) in [7, 11) is 0. The summed E-state index contributed by atoms with van der Waals surface area (Å²) in [4.78, 5) is 0. The molecule has 1 aromatic rings. The normalized spacial score (nSPS) is 11.6. The molecule has 1 rings (SSSR count). The molecule has 0 spiro atoms. The van der Waals surface area contributed by atoms with E-state index >= 15 is 0 Å². The molecule has 0 aliphatic carbocycles. The van der Waals surface area contributed by atoms with E-state index in [1.165, 1.54) is 0 Å². The lowest BCUT2D eigenvalue weighted by Gasteiger charge is -2.13. The van der Waals surface area contributed by atoms with Gasteiger partial charge in [0.25, 0.3) is 0 Å². The van der Waals surface area contributed by atoms with Crippen molar-refractivity contribution in [1.29, 1.82) is 0 Å². The predicted octanol–water partition coefficient (Wildman–Crippen LogP) is 3.61. The van der Waals surface area contributed by atoms with Crippen LogP contribution < -0.4 is 10.5 Å². The number of rotatable bonds is 3. The van der Waals surface area contributed by atoms with E-state index in [-0.39, 0.29) is 5.75 Å². The monoisotopic (exact) mass is 361 g/mol. The highest BCUT2D eigenvalue weighted by molar-refractivity contribution is 9.11. The van der Waals surface area contributed by atoms with Crippen LogP contribution in [0.4, 0.5) is 13.2 Å². The van der Waals surface area contributed by atoms with E-state index in [0.717, 1.165) is 5.56 Å². The van der Waals surface area contributed by atoms with Gasteiger partial charge in [-0.25, -0.2) is 0 Å². The van der Waals surface area contributed by atoms with Crippen molar-refractivity contribution < 1.29 is 17.9 Å². The van der Waals surface area contributed by atoms with Crippen molar-refractivity contribution in [2.24, 2.45) is 5.73 Å². The van der Waals surface area contributed by atoms with E-state index in [1.54, 1.807) is 12.1 Å². The van der Waals surface area contributed by atoms with Crippen molar-refractivity contribution in [2.75, 3.05) is 6.61 Å². The van der Waals surface area contributed by atoms with E-state index in [1.807, 2.05) is 0 Å². The lowest BCUT2D eigenvalue weighted by molar-refractivity contribution is -0.153. The van der Waals surface area contributed by atoms with Crippen LogP contribution in [0.2, 0.25) is 0 Å². The Morgan fingerprint density at radius 2 is 1.69 bits per heavy atom. The Balaban J connectivity index is 2.88. The maximum atomic E-state index is 12.0. The van der Waals surface area contributed by atoms with Gasteiger partial charge in [-0.05, 0) is 49.6 Å². The van der Waals surface area contributed by atoms with Gasteiger partial charge in [0.1, 0.15) is 5.75 Å². The largest absolute Gasteiger partial charge is 0.482 e. The second-order valence-corrected chi connectivity index (χ2v) is 4.71. The molecular weight excluding hydrogens is 355 g/mol. The Morgan fingerprint density at radius 1 is 1.19 bits per heavy atom. The fraction of sp³-hybridized carbons (Fsp3) is 0.333. The number of alkyl halides is 3. The first-order valence-electron chi connectivity index (χ1n) is 4.21. The van der Waals surface area contributed by atoms with E-state index < -0.39 is 12.8 Å². The van der Waals surface area contributed by atoms with Crippen molar-refractivity contribution in [3.8, 4) is 5.75 Å². The minimum Gasteiger partial charge on any atom is -0.482 e. The summed E-state index contributed by atoms with van der Waals surface area (Å²) in [5.41, 5.74) is 6.21. The standard InChI is InChI=1S/C9H8Br2F3NO/c10-6-1-5(3-15)2-7(11)8(6)16-4-9(12,13)14/h1-2H,3-4,15H2. The number of hydrogen-bond donors (Lipinski definition) is 1. The van der Waals surface area contributed by atoms with Gasteiger partial charge in [0.05, 0.1) is 8.95 Å². The smallest absolute Gasteiger partial charge is 0.422 e. The predicted molar refractivity (Wildman–Crippen MR) is 61.3 cm³/mol. The highest BCUT2D eigenvalue weighted by Gasteiger charge is 2.29. The SMILES string of the molecule is NCc1cc(Br)c(OCC(F)(F)F)c(Br)c1. The maximum absolute atomic E-state index is 12.0. The van der Waals surface area contributed by atoms with Gasteiger partial charge < -0.3 is 10.5 Å². The lowest BCUT2D eigenvalue weighted by atomic mass is 10.2. The maximum Gasteiger partial charge on any atom is 0.422 e. The molecule has 0 amide bonds. The van der Waals surface area contributed by atoms with Gasteiger partial charge in [0.2, 0.25) is 0 Å². The summed E-state index contributed by atoms with van der Waals surface area (Å²) in [6.45, 7) is -1.02. The molecule has 0 heterocycles. The average Bonchev–Trinajstić information content (AvgIpc) is 2.14. The molecular formula is C9H8Br2F3NO. The topological polar surface area (TPSA) is 35.2 Å². The summed E-state index contributed by atoms with van der Waals surface area (Å²) < 4.78 is 41.5. The van der Waals surface area contributed by atoms with Gasteiger partial charge >= 0.3 is 6.18 Å². The van der Waals surface area contributed by atoms with Crippen molar-refractivity contribution in [1.82, 2.24) is 0 Å². The highest BCUT2D eigenvalue weighted by atomic mass is 79.9. The number of halogens is 5. The van der Waals surface area contributed by atoms with Crippen LogP contribution in [0, 0.1) is 0 Å². The lowest BCUT2D eigenvalue weighted by Crippen LogP contribution is -2.19. The van der Waals surface area contributed by atoms with Crippen molar-refractivity contribution in [3.63, 3.8) is 0 Å². The van der Waals surface area contributed by atoms with Crippen molar-refractivity contribution in [3.05, 3.63) is 26.6 Å². The molecule has 0 atom stereocenters. The molecule has 2 N–H and O–H groups in total. The third-order valence-electron chi connectivity index (χ3n) is 1.67. The molecule has 90 valence electrons. The fourth-order valence-corrected chi connectivity index (χ4v) is 2.53. The van der Waals surface area contributed by atoms with Gasteiger partial charge in [-0.1, -0.05) is 0 Å². The van der Waals surface area contributed by atoms with Gasteiger partial charge in [-0.15, -0.1) is 0 Å². The molecule has 0 fully saturated rings. The average molecular weight is 363 g/mol. The molecule has 0 bridgehead atoms. The van der Waals surface area contributed by atoms with Gasteiger partial charge in [-0.2, -0.15) is 13.2 Å².